The lowest BCUT2D eigenvalue weighted by Crippen LogP contribution is -2.11. The van der Waals surface area contributed by atoms with Crippen molar-refractivity contribution in [1.82, 2.24) is 4.98 Å². The number of halogens is 3. The molecule has 2 heterocycles. The predicted molar refractivity (Wildman–Crippen MR) is 81.3 cm³/mol. The van der Waals surface area contributed by atoms with Gasteiger partial charge in [-0.3, -0.25) is 9.98 Å². The Hall–Kier alpha value is -2.37. The van der Waals surface area contributed by atoms with Crippen LogP contribution in [0.25, 0.3) is 0 Å². The molecule has 1 aromatic carbocycles. The molecule has 6 heteroatoms. The number of alkyl halides is 3. The van der Waals surface area contributed by atoms with E-state index >= 15 is 0 Å². The molecule has 3 rings (SSSR count). The smallest absolute Gasteiger partial charge is 0.416 e. The van der Waals surface area contributed by atoms with Crippen LogP contribution in [0.3, 0.4) is 0 Å². The van der Waals surface area contributed by atoms with Crippen molar-refractivity contribution >= 4 is 11.4 Å². The fraction of sp³-hybridized carbons (Fsp3) is 0.294. The van der Waals surface area contributed by atoms with Gasteiger partial charge in [-0.2, -0.15) is 13.2 Å². The number of nitrogens with zero attached hydrogens (tertiary/aromatic N) is 2. The van der Waals surface area contributed by atoms with Crippen molar-refractivity contribution in [2.24, 2.45) is 4.99 Å². The molecule has 0 amide bonds. The Morgan fingerprint density at radius 2 is 1.96 bits per heavy atom. The highest BCUT2D eigenvalue weighted by Gasteiger charge is 2.32. The molecular formula is C17H15F3N2O. The topological polar surface area (TPSA) is 34.5 Å². The maximum Gasteiger partial charge on any atom is 0.416 e. The highest BCUT2D eigenvalue weighted by molar-refractivity contribution is 6.08. The van der Waals surface area contributed by atoms with Crippen LogP contribution < -0.4 is 4.74 Å². The second kappa shape index (κ2) is 5.68. The zero-order valence-electron chi connectivity index (χ0n) is 12.7. The van der Waals surface area contributed by atoms with Gasteiger partial charge in [0.1, 0.15) is 5.75 Å². The molecule has 23 heavy (non-hydrogen) atoms. The normalized spacial score (nSPS) is 13.9. The summed E-state index contributed by atoms with van der Waals surface area (Å²) in [5, 5.41) is 0. The molecule has 0 atom stereocenters. The van der Waals surface area contributed by atoms with E-state index in [9.17, 15) is 13.2 Å². The quantitative estimate of drug-likeness (QED) is 0.830. The second-order valence-electron chi connectivity index (χ2n) is 5.61. The van der Waals surface area contributed by atoms with Crippen molar-refractivity contribution in [1.29, 1.82) is 0 Å². The van der Waals surface area contributed by atoms with Gasteiger partial charge in [-0.25, -0.2) is 0 Å². The number of rotatable bonds is 3. The summed E-state index contributed by atoms with van der Waals surface area (Å²) >= 11 is 0. The first-order valence-corrected chi connectivity index (χ1v) is 7.23. The maximum absolute atomic E-state index is 12.8. The monoisotopic (exact) mass is 320 g/mol. The molecule has 2 aromatic rings. The zero-order chi connectivity index (χ0) is 16.6. The Balaban J connectivity index is 1.97. The summed E-state index contributed by atoms with van der Waals surface area (Å²) in [5.41, 5.74) is 1.91. The number of aliphatic imine (C=N–C) groups is 1. The van der Waals surface area contributed by atoms with Crippen LogP contribution in [-0.2, 0) is 12.6 Å². The van der Waals surface area contributed by atoms with Crippen LogP contribution in [0.1, 0.15) is 30.5 Å². The minimum Gasteiger partial charge on any atom is -0.489 e. The van der Waals surface area contributed by atoms with E-state index in [1.807, 2.05) is 13.8 Å². The van der Waals surface area contributed by atoms with Crippen molar-refractivity contribution in [2.45, 2.75) is 32.5 Å². The van der Waals surface area contributed by atoms with Gasteiger partial charge in [0.05, 0.1) is 29.3 Å². The third-order valence-electron chi connectivity index (χ3n) is 3.48. The molecule has 0 saturated heterocycles. The van der Waals surface area contributed by atoms with Crippen LogP contribution in [0.5, 0.6) is 5.75 Å². The first kappa shape index (κ1) is 15.5. The Bertz CT molecular complexity index is 767. The molecule has 1 aromatic heterocycles. The summed E-state index contributed by atoms with van der Waals surface area (Å²) in [4.78, 5) is 8.41. The highest BCUT2D eigenvalue weighted by atomic mass is 19.4. The van der Waals surface area contributed by atoms with Crippen molar-refractivity contribution in [3.05, 3.63) is 53.3 Å². The largest absolute Gasteiger partial charge is 0.489 e. The van der Waals surface area contributed by atoms with Gasteiger partial charge in [-0.15, -0.1) is 0 Å². The van der Waals surface area contributed by atoms with Crippen LogP contribution >= 0.6 is 0 Å². The van der Waals surface area contributed by atoms with Crippen LogP contribution in [0.2, 0.25) is 0 Å². The summed E-state index contributed by atoms with van der Waals surface area (Å²) in [5.74, 6) is 0.588. The number of fused-ring (bicyclic) bond motifs is 1. The SMILES string of the molecule is CC(C)Oc1cnccc1C1=Nc2cc(C(F)(F)F)ccc2C1. The number of hydrogen-bond donors (Lipinski definition) is 0. The zero-order valence-corrected chi connectivity index (χ0v) is 12.7. The van der Waals surface area contributed by atoms with Gasteiger partial charge in [-0.05, 0) is 37.6 Å². The molecule has 1 aliphatic rings. The molecule has 0 bridgehead atoms. The Morgan fingerprint density at radius 1 is 1.17 bits per heavy atom. The summed E-state index contributed by atoms with van der Waals surface area (Å²) in [7, 11) is 0. The molecule has 0 spiro atoms. The van der Waals surface area contributed by atoms with E-state index in [2.05, 4.69) is 9.98 Å². The third-order valence-corrected chi connectivity index (χ3v) is 3.48. The van der Waals surface area contributed by atoms with E-state index in [0.29, 0.717) is 23.6 Å². The van der Waals surface area contributed by atoms with E-state index in [4.69, 9.17) is 4.74 Å². The lowest BCUT2D eigenvalue weighted by atomic mass is 10.0. The standard InChI is InChI=1S/C17H15F3N2O/c1-10(2)23-16-9-21-6-5-13(16)15-7-11-3-4-12(17(18,19)20)8-14(11)22-15/h3-6,8-10H,7H2,1-2H3. The molecule has 0 N–H and O–H groups in total. The van der Waals surface area contributed by atoms with Gasteiger partial charge in [0.15, 0.2) is 0 Å². The van der Waals surface area contributed by atoms with Crippen LogP contribution in [0.15, 0.2) is 41.7 Å². The highest BCUT2D eigenvalue weighted by Crippen LogP contribution is 2.37. The lowest BCUT2D eigenvalue weighted by molar-refractivity contribution is -0.137. The first-order valence-electron chi connectivity index (χ1n) is 7.23. The fourth-order valence-electron chi connectivity index (χ4n) is 2.48. The minimum atomic E-state index is -4.37. The fourth-order valence-corrected chi connectivity index (χ4v) is 2.48. The Kier molecular flexibility index (Phi) is 3.83. The third kappa shape index (κ3) is 3.21. The summed E-state index contributed by atoms with van der Waals surface area (Å²) in [6.07, 6.45) is -0.696. The first-order chi connectivity index (χ1) is 10.8. The average molecular weight is 320 g/mol. The summed E-state index contributed by atoms with van der Waals surface area (Å²) in [6.45, 7) is 3.80. The molecule has 0 saturated carbocycles. The Morgan fingerprint density at radius 3 is 2.65 bits per heavy atom. The lowest BCUT2D eigenvalue weighted by Gasteiger charge is -2.13. The van der Waals surface area contributed by atoms with E-state index in [0.717, 1.165) is 23.3 Å². The van der Waals surface area contributed by atoms with E-state index in [1.54, 1.807) is 18.5 Å². The molecule has 0 fully saturated rings. The van der Waals surface area contributed by atoms with Crippen molar-refractivity contribution in [3.8, 4) is 5.75 Å². The minimum absolute atomic E-state index is 0.0286. The molecule has 0 radical (unpaired) electrons. The molecule has 1 aliphatic heterocycles. The predicted octanol–water partition coefficient (Wildman–Crippen LogP) is 4.56. The van der Waals surface area contributed by atoms with Crippen LogP contribution in [-0.4, -0.2) is 16.8 Å². The summed E-state index contributed by atoms with van der Waals surface area (Å²) < 4.78 is 44.1. The van der Waals surface area contributed by atoms with Gasteiger partial charge in [0.2, 0.25) is 0 Å². The van der Waals surface area contributed by atoms with Crippen molar-refractivity contribution < 1.29 is 17.9 Å². The number of pyridine rings is 1. The van der Waals surface area contributed by atoms with Crippen LogP contribution in [0.4, 0.5) is 18.9 Å². The van der Waals surface area contributed by atoms with Gasteiger partial charge in [-0.1, -0.05) is 6.07 Å². The molecule has 120 valence electrons. The molecule has 3 nitrogen and oxygen atoms in total. The number of benzene rings is 1. The van der Waals surface area contributed by atoms with E-state index in [1.165, 1.54) is 6.07 Å². The second-order valence-corrected chi connectivity index (χ2v) is 5.61. The van der Waals surface area contributed by atoms with Gasteiger partial charge in [0.25, 0.3) is 0 Å². The van der Waals surface area contributed by atoms with Crippen LogP contribution in [0, 0.1) is 0 Å². The van der Waals surface area contributed by atoms with Crippen molar-refractivity contribution in [3.63, 3.8) is 0 Å². The maximum atomic E-state index is 12.8. The average Bonchev–Trinajstić information content (AvgIpc) is 2.89. The number of aromatic nitrogens is 1. The van der Waals surface area contributed by atoms with Gasteiger partial charge < -0.3 is 4.74 Å². The summed E-state index contributed by atoms with van der Waals surface area (Å²) in [6, 6.07) is 5.44. The van der Waals surface area contributed by atoms with Crippen molar-refractivity contribution in [2.75, 3.05) is 0 Å². The molecule has 0 unspecified atom stereocenters. The van der Waals surface area contributed by atoms with E-state index < -0.39 is 11.7 Å². The van der Waals surface area contributed by atoms with Gasteiger partial charge >= 0.3 is 6.18 Å². The molecular weight excluding hydrogens is 305 g/mol. The molecule has 0 aliphatic carbocycles. The van der Waals surface area contributed by atoms with Gasteiger partial charge in [0, 0.05) is 18.2 Å². The Labute approximate surface area is 131 Å². The number of ether oxygens (including phenoxy) is 1. The number of hydrogen-bond acceptors (Lipinski definition) is 3. The van der Waals surface area contributed by atoms with E-state index in [-0.39, 0.29) is 6.10 Å².